The first kappa shape index (κ1) is 25.4. The fraction of sp³-hybridized carbons (Fsp3) is 0.280. The molecular weight excluding hydrogens is 455 g/mol. The molecule has 2 aromatic heterocycles. The van der Waals surface area contributed by atoms with Gasteiger partial charge in [-0.15, -0.1) is 0 Å². The summed E-state index contributed by atoms with van der Waals surface area (Å²) in [6.45, 7) is 0.202. The molecule has 0 aliphatic heterocycles. The lowest BCUT2D eigenvalue weighted by atomic mass is 10.0. The van der Waals surface area contributed by atoms with E-state index < -0.39 is 23.9 Å². The number of ether oxygens (including phenoxy) is 1. The minimum atomic E-state index is -1.10. The summed E-state index contributed by atoms with van der Waals surface area (Å²) in [4.78, 5) is 53.2. The molecule has 0 aliphatic carbocycles. The third-order valence-corrected chi connectivity index (χ3v) is 5.29. The Bertz CT molecular complexity index is 1320. The van der Waals surface area contributed by atoms with Crippen molar-refractivity contribution in [1.82, 2.24) is 14.5 Å². The van der Waals surface area contributed by atoms with Crippen molar-refractivity contribution < 1.29 is 23.5 Å². The van der Waals surface area contributed by atoms with Crippen LogP contribution in [0, 0.1) is 5.82 Å². The van der Waals surface area contributed by atoms with Gasteiger partial charge in [0, 0.05) is 48.9 Å². The molecular formula is C25H27FN4O5. The largest absolute Gasteiger partial charge is 0.438 e. The van der Waals surface area contributed by atoms with Crippen LogP contribution in [0.5, 0.6) is 0 Å². The van der Waals surface area contributed by atoms with Gasteiger partial charge in [-0.25, -0.2) is 9.18 Å². The molecule has 3 aromatic rings. The van der Waals surface area contributed by atoms with Crippen molar-refractivity contribution in [3.05, 3.63) is 82.2 Å². The van der Waals surface area contributed by atoms with Crippen LogP contribution in [-0.2, 0) is 27.3 Å². The van der Waals surface area contributed by atoms with E-state index in [1.165, 1.54) is 47.8 Å². The predicted octanol–water partition coefficient (Wildman–Crippen LogP) is 2.52. The number of H-pyrrole nitrogens is 1. The maximum Gasteiger partial charge on any atom is 0.409 e. The highest BCUT2D eigenvalue weighted by Crippen LogP contribution is 2.17. The van der Waals surface area contributed by atoms with Gasteiger partial charge in [-0.1, -0.05) is 12.1 Å². The molecule has 0 saturated carbocycles. The number of ketones is 1. The van der Waals surface area contributed by atoms with Crippen molar-refractivity contribution >= 4 is 28.7 Å². The van der Waals surface area contributed by atoms with Gasteiger partial charge in [-0.3, -0.25) is 14.4 Å². The molecule has 0 unspecified atom stereocenters. The van der Waals surface area contributed by atoms with Gasteiger partial charge in [-0.05, 0) is 49.2 Å². The van der Waals surface area contributed by atoms with Crippen LogP contribution in [0.15, 0.2) is 59.5 Å². The zero-order valence-corrected chi connectivity index (χ0v) is 19.5. The summed E-state index contributed by atoms with van der Waals surface area (Å²) in [5, 5.41) is 0.690. The molecule has 10 heteroatoms. The van der Waals surface area contributed by atoms with Gasteiger partial charge in [0.1, 0.15) is 5.82 Å². The number of halogens is 1. The summed E-state index contributed by atoms with van der Waals surface area (Å²) >= 11 is 0. The standard InChI is InChI=1S/C25H27FN4O5/c1-29(2)25(34)35-22(7-3-4-8-23(27)32)21(31)14-16-6-5-11-30(24(16)33)15-19-13-17-12-18(26)9-10-20(17)28-19/h4-6,8-13,22,28H,3,7,14-15H2,1-2H3,(H2,27,32)/b8-4+/t22-/m0/s1. The molecule has 2 heterocycles. The Hall–Kier alpha value is -4.21. The fourth-order valence-corrected chi connectivity index (χ4v) is 3.54. The Morgan fingerprint density at radius 2 is 2.00 bits per heavy atom. The van der Waals surface area contributed by atoms with Crippen molar-refractivity contribution in [2.75, 3.05) is 14.1 Å². The van der Waals surface area contributed by atoms with E-state index in [1.807, 2.05) is 0 Å². The third kappa shape index (κ3) is 6.89. The number of primary amides is 1. The van der Waals surface area contributed by atoms with E-state index in [9.17, 15) is 23.6 Å². The van der Waals surface area contributed by atoms with Crippen LogP contribution in [0.2, 0.25) is 0 Å². The molecule has 0 radical (unpaired) electrons. The summed E-state index contributed by atoms with van der Waals surface area (Å²) in [5.41, 5.74) is 6.40. The van der Waals surface area contributed by atoms with Gasteiger partial charge < -0.3 is 24.9 Å². The van der Waals surface area contributed by atoms with E-state index in [-0.39, 0.29) is 42.7 Å². The van der Waals surface area contributed by atoms with Crippen LogP contribution in [-0.4, -0.2) is 52.4 Å². The van der Waals surface area contributed by atoms with Gasteiger partial charge >= 0.3 is 6.09 Å². The molecule has 0 fully saturated rings. The molecule has 184 valence electrons. The minimum absolute atomic E-state index is 0.134. The van der Waals surface area contributed by atoms with Crippen LogP contribution in [0.25, 0.3) is 10.9 Å². The lowest BCUT2D eigenvalue weighted by Gasteiger charge is -2.19. The Morgan fingerprint density at radius 1 is 1.23 bits per heavy atom. The summed E-state index contributed by atoms with van der Waals surface area (Å²) in [6.07, 6.45) is 2.65. The van der Waals surface area contributed by atoms with Crippen LogP contribution in [0.1, 0.15) is 24.1 Å². The number of nitrogens with zero attached hydrogens (tertiary/aromatic N) is 2. The molecule has 0 spiro atoms. The predicted molar refractivity (Wildman–Crippen MR) is 128 cm³/mol. The highest BCUT2D eigenvalue weighted by Gasteiger charge is 2.24. The maximum atomic E-state index is 13.5. The molecule has 1 aromatic carbocycles. The number of pyridine rings is 1. The van der Waals surface area contributed by atoms with E-state index >= 15 is 0 Å². The van der Waals surface area contributed by atoms with E-state index in [2.05, 4.69) is 4.98 Å². The number of Topliss-reactive ketones (excluding diaryl/α,β-unsaturated/α-hetero) is 1. The highest BCUT2D eigenvalue weighted by molar-refractivity contribution is 5.87. The Morgan fingerprint density at radius 3 is 2.71 bits per heavy atom. The first-order chi connectivity index (χ1) is 16.6. The number of benzene rings is 1. The first-order valence-corrected chi connectivity index (χ1v) is 11.0. The summed E-state index contributed by atoms with van der Waals surface area (Å²) in [5.74, 6) is -1.41. The van der Waals surface area contributed by atoms with Gasteiger partial charge in [0.15, 0.2) is 11.9 Å². The minimum Gasteiger partial charge on any atom is -0.438 e. The molecule has 1 atom stereocenters. The van der Waals surface area contributed by atoms with Gasteiger partial charge in [0.05, 0.1) is 6.54 Å². The maximum absolute atomic E-state index is 13.5. The number of aromatic nitrogens is 2. The summed E-state index contributed by atoms with van der Waals surface area (Å²) < 4.78 is 20.2. The van der Waals surface area contributed by atoms with Crippen LogP contribution >= 0.6 is 0 Å². The summed E-state index contributed by atoms with van der Waals surface area (Å²) in [7, 11) is 2.98. The second-order valence-electron chi connectivity index (χ2n) is 8.28. The molecule has 2 amide bonds. The molecule has 3 rings (SSSR count). The Balaban J connectivity index is 1.76. The van der Waals surface area contributed by atoms with E-state index in [0.29, 0.717) is 11.1 Å². The first-order valence-electron chi connectivity index (χ1n) is 11.0. The number of amides is 2. The van der Waals surface area contributed by atoms with E-state index in [0.717, 1.165) is 5.52 Å². The normalized spacial score (nSPS) is 12.1. The molecule has 9 nitrogen and oxygen atoms in total. The molecule has 0 saturated heterocycles. The summed E-state index contributed by atoms with van der Waals surface area (Å²) in [6, 6.07) is 9.35. The van der Waals surface area contributed by atoms with Gasteiger partial charge in [0.2, 0.25) is 5.91 Å². The highest BCUT2D eigenvalue weighted by atomic mass is 19.1. The second-order valence-corrected chi connectivity index (χ2v) is 8.28. The van der Waals surface area contributed by atoms with Gasteiger partial charge in [-0.2, -0.15) is 0 Å². The Kier molecular flexibility index (Phi) is 8.19. The van der Waals surface area contributed by atoms with Crippen molar-refractivity contribution in [2.24, 2.45) is 5.73 Å². The second kappa shape index (κ2) is 11.3. The fourth-order valence-electron chi connectivity index (χ4n) is 3.54. The van der Waals surface area contributed by atoms with Crippen molar-refractivity contribution in [2.45, 2.75) is 31.9 Å². The van der Waals surface area contributed by atoms with Crippen LogP contribution in [0.4, 0.5) is 9.18 Å². The third-order valence-electron chi connectivity index (χ3n) is 5.29. The number of carbonyl (C=O) groups is 3. The number of nitrogens with two attached hydrogens (primary N) is 1. The van der Waals surface area contributed by atoms with Crippen LogP contribution in [0.3, 0.4) is 0 Å². The zero-order valence-electron chi connectivity index (χ0n) is 19.5. The number of hydrogen-bond donors (Lipinski definition) is 2. The molecule has 35 heavy (non-hydrogen) atoms. The van der Waals surface area contributed by atoms with Crippen LogP contribution < -0.4 is 11.3 Å². The molecule has 0 bridgehead atoms. The van der Waals surface area contributed by atoms with Crippen molar-refractivity contribution in [3.8, 4) is 0 Å². The molecule has 0 aliphatic rings. The molecule has 3 N–H and O–H groups in total. The SMILES string of the molecule is CN(C)C(=O)O[C@@H](CC/C=C/C(N)=O)C(=O)Cc1cccn(Cc2cc3cc(F)ccc3[nH]2)c1=O. The van der Waals surface area contributed by atoms with Crippen molar-refractivity contribution in [1.29, 1.82) is 0 Å². The monoisotopic (exact) mass is 482 g/mol. The number of hydrogen-bond acceptors (Lipinski definition) is 5. The quantitative estimate of drug-likeness (QED) is 0.429. The Labute approximate surface area is 201 Å². The van der Waals surface area contributed by atoms with E-state index in [4.69, 9.17) is 10.5 Å². The van der Waals surface area contributed by atoms with Crippen molar-refractivity contribution in [3.63, 3.8) is 0 Å². The lowest BCUT2D eigenvalue weighted by molar-refractivity contribution is -0.127. The number of rotatable bonds is 10. The number of carbonyl (C=O) groups excluding carboxylic acids is 3. The average molecular weight is 483 g/mol. The number of nitrogens with one attached hydrogen (secondary N) is 1. The number of aromatic amines is 1. The topological polar surface area (TPSA) is 127 Å². The number of allylic oxidation sites excluding steroid dienone is 1. The zero-order chi connectivity index (χ0) is 25.5. The smallest absolute Gasteiger partial charge is 0.409 e. The van der Waals surface area contributed by atoms with E-state index in [1.54, 1.807) is 30.5 Å². The number of fused-ring (bicyclic) bond motifs is 1. The lowest BCUT2D eigenvalue weighted by Crippen LogP contribution is -2.35. The van der Waals surface area contributed by atoms with Gasteiger partial charge in [0.25, 0.3) is 5.56 Å². The average Bonchev–Trinajstić information content (AvgIpc) is 3.19.